The van der Waals surface area contributed by atoms with Crippen LogP contribution >= 0.6 is 7.37 Å². The number of alkyl halides is 3. The Labute approximate surface area is 253 Å². The molecular formula is C33H45F3NO5P. The first-order valence-electron chi connectivity index (χ1n) is 14.9. The summed E-state index contributed by atoms with van der Waals surface area (Å²) in [5, 5.41) is -1.20. The lowest BCUT2D eigenvalue weighted by Crippen LogP contribution is -2.38. The maximum Gasteiger partial charge on any atom is 0.419 e. The summed E-state index contributed by atoms with van der Waals surface area (Å²) in [5.74, 6) is 1.22. The Morgan fingerprint density at radius 3 is 2.26 bits per heavy atom. The van der Waals surface area contributed by atoms with Crippen molar-refractivity contribution in [1.82, 2.24) is 0 Å². The monoisotopic (exact) mass is 623 g/mol. The molecule has 0 bridgehead atoms. The number of benzene rings is 2. The quantitative estimate of drug-likeness (QED) is 0.185. The molecule has 0 aromatic heterocycles. The second-order valence-corrected chi connectivity index (χ2v) is 17.7. The summed E-state index contributed by atoms with van der Waals surface area (Å²) in [6.07, 6.45) is -1.71. The van der Waals surface area contributed by atoms with E-state index in [0.717, 1.165) is 23.8 Å². The normalized spacial score (nSPS) is 19.1. The number of ether oxygens (including phenoxy) is 3. The molecule has 1 unspecified atom stereocenters. The zero-order chi connectivity index (χ0) is 31.7. The molecule has 2 aromatic carbocycles. The van der Waals surface area contributed by atoms with Gasteiger partial charge in [-0.15, -0.1) is 0 Å². The molecule has 0 aliphatic carbocycles. The topological polar surface area (TPSA) is 66.3 Å². The number of hydrogen-bond donors (Lipinski definition) is 0. The molecule has 2 aromatic rings. The first-order valence-corrected chi connectivity index (χ1v) is 16.6. The van der Waals surface area contributed by atoms with Crippen LogP contribution in [0.1, 0.15) is 83.6 Å². The Balaban J connectivity index is 1.42. The number of hydrogen-bond acceptors (Lipinski definition) is 6. The third-order valence-electron chi connectivity index (χ3n) is 8.08. The van der Waals surface area contributed by atoms with Gasteiger partial charge >= 0.3 is 6.18 Å². The molecule has 0 fully saturated rings. The molecule has 2 aliphatic rings. The Morgan fingerprint density at radius 2 is 1.63 bits per heavy atom. The fraction of sp³-hybridized carbons (Fsp3) is 0.606. The summed E-state index contributed by atoms with van der Waals surface area (Å²) >= 11 is 0. The van der Waals surface area contributed by atoms with Crippen LogP contribution in [0.3, 0.4) is 0 Å². The van der Waals surface area contributed by atoms with Crippen molar-refractivity contribution in [2.24, 2.45) is 4.99 Å². The van der Waals surface area contributed by atoms with Crippen LogP contribution in [0.5, 0.6) is 11.5 Å². The van der Waals surface area contributed by atoms with Gasteiger partial charge < -0.3 is 18.7 Å². The van der Waals surface area contributed by atoms with Crippen LogP contribution < -0.4 is 9.47 Å². The molecule has 0 N–H and O–H groups in total. The third-order valence-corrected chi connectivity index (χ3v) is 12.1. The first-order chi connectivity index (χ1) is 19.9. The molecule has 0 radical (unpaired) electrons. The summed E-state index contributed by atoms with van der Waals surface area (Å²) < 4.78 is 79.5. The van der Waals surface area contributed by atoms with Gasteiger partial charge in [0.1, 0.15) is 23.6 Å². The van der Waals surface area contributed by atoms with Gasteiger partial charge in [-0.2, -0.15) is 13.2 Å². The molecule has 6 nitrogen and oxygen atoms in total. The van der Waals surface area contributed by atoms with E-state index in [1.807, 2.05) is 53.7 Å². The number of fused-ring (bicyclic) bond motifs is 1. The molecule has 0 saturated heterocycles. The van der Waals surface area contributed by atoms with Gasteiger partial charge in [-0.25, -0.2) is 4.99 Å². The van der Waals surface area contributed by atoms with Gasteiger partial charge in [0.25, 0.3) is 0 Å². The maximum absolute atomic E-state index is 14.1. The second kappa shape index (κ2) is 12.5. The SMILES string of the molecule is CC1=NC(CCc2ccc(OCCCc3ccc4c(c3)CCO4)c(C(F)(F)F)c2)(COP(=O)(C(C)(C)C)C(C)(C)C)CO1. The van der Waals surface area contributed by atoms with Gasteiger partial charge in [0.05, 0.1) is 25.4 Å². The van der Waals surface area contributed by atoms with Crippen molar-refractivity contribution in [2.45, 2.75) is 103 Å². The highest BCUT2D eigenvalue weighted by Crippen LogP contribution is 2.68. The van der Waals surface area contributed by atoms with Crippen LogP contribution in [0.25, 0.3) is 0 Å². The van der Waals surface area contributed by atoms with Crippen LogP contribution in [-0.4, -0.2) is 48.2 Å². The Hall–Kier alpha value is -2.51. The maximum atomic E-state index is 14.1. The average Bonchev–Trinajstić information content (AvgIpc) is 3.53. The van der Waals surface area contributed by atoms with E-state index < -0.39 is 35.0 Å². The number of rotatable bonds is 11. The lowest BCUT2D eigenvalue weighted by atomic mass is 9.93. The minimum absolute atomic E-state index is 0.0563. The van der Waals surface area contributed by atoms with Crippen molar-refractivity contribution in [2.75, 3.05) is 26.4 Å². The van der Waals surface area contributed by atoms with Crippen LogP contribution in [0.4, 0.5) is 13.2 Å². The lowest BCUT2D eigenvalue weighted by molar-refractivity contribution is -0.139. The third kappa shape index (κ3) is 7.78. The van der Waals surface area contributed by atoms with Crippen LogP contribution in [0, 0.1) is 0 Å². The molecule has 2 heterocycles. The van der Waals surface area contributed by atoms with Crippen molar-refractivity contribution < 1.29 is 36.5 Å². The molecule has 0 saturated carbocycles. The molecule has 4 rings (SSSR count). The van der Waals surface area contributed by atoms with Crippen LogP contribution in [-0.2, 0) is 39.3 Å². The molecule has 1 atom stereocenters. The van der Waals surface area contributed by atoms with E-state index in [9.17, 15) is 17.7 Å². The van der Waals surface area contributed by atoms with E-state index in [-0.39, 0.29) is 25.6 Å². The van der Waals surface area contributed by atoms with Crippen LogP contribution in [0.2, 0.25) is 0 Å². The highest BCUT2D eigenvalue weighted by molar-refractivity contribution is 7.62. The van der Waals surface area contributed by atoms with Gasteiger partial charge in [0.15, 0.2) is 5.90 Å². The largest absolute Gasteiger partial charge is 0.493 e. The summed E-state index contributed by atoms with van der Waals surface area (Å²) in [7, 11) is -3.17. The van der Waals surface area contributed by atoms with E-state index in [1.165, 1.54) is 11.6 Å². The van der Waals surface area contributed by atoms with E-state index in [0.29, 0.717) is 43.8 Å². The van der Waals surface area contributed by atoms with E-state index in [4.69, 9.17) is 18.7 Å². The minimum atomic E-state index is -4.57. The predicted octanol–water partition coefficient (Wildman–Crippen LogP) is 8.66. The highest BCUT2D eigenvalue weighted by Gasteiger charge is 2.50. The standard InChI is InChI=1S/C33H45F3NO5P/c1-23-37-32(21-41-23,22-42-43(38,30(2,3)4)31(5,6)7)16-14-25-11-13-29(27(20-25)33(34,35)36)39-17-8-9-24-10-12-28-26(19-24)15-18-40-28/h10-13,19-20H,8-9,14-18,21-22H2,1-7H3. The van der Waals surface area contributed by atoms with Gasteiger partial charge in [-0.05, 0) is 60.6 Å². The number of aryl methyl sites for hydroxylation is 2. The van der Waals surface area contributed by atoms with Crippen molar-refractivity contribution >= 4 is 13.3 Å². The fourth-order valence-corrected chi connectivity index (χ4v) is 9.04. The molecule has 10 heteroatoms. The molecule has 0 spiro atoms. The minimum Gasteiger partial charge on any atom is -0.493 e. The Bertz CT molecular complexity index is 1360. The number of nitrogens with zero attached hydrogens (tertiary/aromatic N) is 1. The van der Waals surface area contributed by atoms with Crippen molar-refractivity contribution in [3.8, 4) is 11.5 Å². The molecule has 43 heavy (non-hydrogen) atoms. The first kappa shape index (κ1) is 33.4. The highest BCUT2D eigenvalue weighted by atomic mass is 31.2. The van der Waals surface area contributed by atoms with Crippen molar-refractivity contribution in [3.63, 3.8) is 0 Å². The molecule has 2 aliphatic heterocycles. The Kier molecular flexibility index (Phi) is 9.68. The average molecular weight is 624 g/mol. The van der Waals surface area contributed by atoms with Gasteiger partial charge in [-0.1, -0.05) is 59.7 Å². The predicted molar refractivity (Wildman–Crippen MR) is 164 cm³/mol. The summed E-state index contributed by atoms with van der Waals surface area (Å²) in [6, 6.07) is 10.3. The lowest BCUT2D eigenvalue weighted by Gasteiger charge is -2.41. The zero-order valence-electron chi connectivity index (χ0n) is 26.4. The summed E-state index contributed by atoms with van der Waals surface area (Å²) in [4.78, 5) is 4.68. The molecular weight excluding hydrogens is 578 g/mol. The zero-order valence-corrected chi connectivity index (χ0v) is 27.3. The van der Waals surface area contributed by atoms with E-state index in [2.05, 4.69) is 11.1 Å². The number of aliphatic imine (C=N–C) groups is 1. The smallest absolute Gasteiger partial charge is 0.419 e. The fourth-order valence-electron chi connectivity index (χ4n) is 5.83. The van der Waals surface area contributed by atoms with Gasteiger partial charge in [-0.3, -0.25) is 4.57 Å². The number of halogens is 3. The van der Waals surface area contributed by atoms with Gasteiger partial charge in [0.2, 0.25) is 7.37 Å². The molecule has 0 amide bonds. The van der Waals surface area contributed by atoms with Crippen molar-refractivity contribution in [1.29, 1.82) is 0 Å². The van der Waals surface area contributed by atoms with E-state index >= 15 is 0 Å². The van der Waals surface area contributed by atoms with Gasteiger partial charge in [0, 0.05) is 23.7 Å². The summed E-state index contributed by atoms with van der Waals surface area (Å²) in [6.45, 7) is 14.3. The molecule has 238 valence electrons. The summed E-state index contributed by atoms with van der Waals surface area (Å²) in [5.41, 5.74) is 1.16. The second-order valence-electron chi connectivity index (χ2n) is 13.6. The van der Waals surface area contributed by atoms with E-state index in [1.54, 1.807) is 13.0 Å². The Morgan fingerprint density at radius 1 is 0.953 bits per heavy atom. The van der Waals surface area contributed by atoms with Crippen molar-refractivity contribution in [3.05, 3.63) is 58.7 Å². The van der Waals surface area contributed by atoms with Crippen LogP contribution in [0.15, 0.2) is 41.4 Å².